The summed E-state index contributed by atoms with van der Waals surface area (Å²) in [5.74, 6) is 0. The first-order valence-electron chi connectivity index (χ1n) is 32.1. The molecule has 0 aromatic heterocycles. The van der Waals surface area contributed by atoms with Gasteiger partial charge >= 0.3 is 0 Å². The Bertz CT molecular complexity index is 1070. The van der Waals surface area contributed by atoms with E-state index < -0.39 is 0 Å². The Morgan fingerprint density at radius 1 is 0.186 bits per heavy atom. The first-order chi connectivity index (χ1) is 33.9. The van der Waals surface area contributed by atoms with Crippen LogP contribution in [-0.2, 0) is 0 Å². The predicted molar refractivity (Wildman–Crippen MR) is 320 cm³/mol. The normalized spacial score (nSPS) is 14.5. The van der Waals surface area contributed by atoms with E-state index in [0.717, 1.165) is 57.2 Å². The summed E-state index contributed by atoms with van der Waals surface area (Å²) in [7, 11) is 14.9. The fraction of sp³-hybridized carbons (Fsp3) is 0.909. The zero-order valence-corrected chi connectivity index (χ0v) is 50.6. The van der Waals surface area contributed by atoms with Crippen molar-refractivity contribution in [1.29, 1.82) is 0 Å². The summed E-state index contributed by atoms with van der Waals surface area (Å²) in [6.45, 7) is 21.4. The first kappa shape index (κ1) is 69.1. The van der Waals surface area contributed by atoms with Crippen LogP contribution in [0.3, 0.4) is 0 Å². The van der Waals surface area contributed by atoms with E-state index in [1.165, 1.54) is 283 Å². The van der Waals surface area contributed by atoms with Crippen LogP contribution in [0.25, 0.3) is 0 Å². The van der Waals surface area contributed by atoms with Gasteiger partial charge in [-0.15, -0.1) is 0 Å². The highest BCUT2D eigenvalue weighted by Gasteiger charge is 2.22. The molecule has 0 N–H and O–H groups in total. The van der Waals surface area contributed by atoms with Gasteiger partial charge in [-0.05, 0) is 87.8 Å². The molecule has 0 aromatic rings. The smallest absolute Gasteiger partial charge is 0.0976 e. The van der Waals surface area contributed by atoms with Gasteiger partial charge in [-0.1, -0.05) is 233 Å². The summed E-state index contributed by atoms with van der Waals surface area (Å²) in [5.41, 5.74) is 0. The Morgan fingerprint density at radius 3 is 0.543 bits per heavy atom. The Balaban J connectivity index is 5.45. The van der Waals surface area contributed by atoms with E-state index in [9.17, 15) is 0 Å². The number of hydrogen-bond donors (Lipinski definition) is 0. The summed E-state index contributed by atoms with van der Waals surface area (Å²) in [6, 6.07) is 0. The third-order valence-electron chi connectivity index (χ3n) is 16.2. The van der Waals surface area contributed by atoms with E-state index in [0.29, 0.717) is 0 Å². The van der Waals surface area contributed by atoms with Crippen molar-refractivity contribution in [3.8, 4) is 0 Å². The minimum atomic E-state index is 1.12. The quantitative estimate of drug-likeness (QED) is 0.0324. The van der Waals surface area contributed by atoms with Gasteiger partial charge in [0.2, 0.25) is 0 Å². The van der Waals surface area contributed by atoms with Gasteiger partial charge in [0.1, 0.15) is 0 Å². The largest absolute Gasteiger partial charge is 0.325 e. The Hall–Kier alpha value is -0.940. The van der Waals surface area contributed by atoms with Crippen LogP contribution < -0.4 is 0 Å². The minimum absolute atomic E-state index is 1.12. The number of quaternary nitrogens is 4. The molecule has 4 heteroatoms. The summed E-state index contributed by atoms with van der Waals surface area (Å²) in [6.07, 6.45) is 72.1. The summed E-state index contributed by atoms with van der Waals surface area (Å²) < 4.78 is 4.53. The topological polar surface area (TPSA) is 0 Å². The van der Waals surface area contributed by atoms with Gasteiger partial charge in [0, 0.05) is 0 Å². The molecular formula is C66H136N4+4. The van der Waals surface area contributed by atoms with Crippen molar-refractivity contribution in [3.63, 3.8) is 0 Å². The first-order valence-corrected chi connectivity index (χ1v) is 32.1. The molecule has 0 radical (unpaired) electrons. The maximum Gasteiger partial charge on any atom is 0.0976 e. The highest BCUT2D eigenvalue weighted by atomic mass is 15.3. The molecular weight excluding hydrogens is 849 g/mol. The lowest BCUT2D eigenvalue weighted by molar-refractivity contribution is -0.901. The lowest BCUT2D eigenvalue weighted by atomic mass is 10.1. The molecule has 0 aromatic carbocycles. The van der Waals surface area contributed by atoms with E-state index in [4.69, 9.17) is 0 Å². The summed E-state index contributed by atoms with van der Waals surface area (Å²) >= 11 is 0. The van der Waals surface area contributed by atoms with Crippen molar-refractivity contribution in [2.24, 2.45) is 0 Å². The fourth-order valence-corrected chi connectivity index (χ4v) is 10.7. The minimum Gasteiger partial charge on any atom is -0.325 e. The molecule has 70 heavy (non-hydrogen) atoms. The zero-order valence-electron chi connectivity index (χ0n) is 50.6. The summed E-state index contributed by atoms with van der Waals surface area (Å²) in [5, 5.41) is 0. The van der Waals surface area contributed by atoms with Crippen LogP contribution in [0.4, 0.5) is 0 Å². The molecule has 0 bridgehead atoms. The van der Waals surface area contributed by atoms with Gasteiger partial charge in [-0.3, -0.25) is 0 Å². The van der Waals surface area contributed by atoms with Crippen molar-refractivity contribution >= 4 is 0 Å². The molecule has 4 nitrogen and oxygen atoms in total. The SMILES string of the molecule is CCCCCCCCCCCC[N+](C)(C)C/C=C/C[N+](C)(C/C=C/C[N+](C)(C/C=C/C[N+](C)(C)CCCCCCCCCCCC)CCCCCCCCCCCC)CCCCCCCCCCCC. The van der Waals surface area contributed by atoms with Gasteiger partial charge < -0.3 is 17.9 Å². The van der Waals surface area contributed by atoms with Crippen molar-refractivity contribution < 1.29 is 17.9 Å². The molecule has 0 spiro atoms. The third-order valence-corrected chi connectivity index (χ3v) is 16.2. The number of likely N-dealkylation sites (N-methyl/N-ethyl adjacent to an activating group) is 4. The molecule has 0 amide bonds. The van der Waals surface area contributed by atoms with Gasteiger partial charge in [-0.25, -0.2) is 0 Å². The van der Waals surface area contributed by atoms with Crippen molar-refractivity contribution in [2.75, 3.05) is 108 Å². The van der Waals surface area contributed by atoms with Crippen molar-refractivity contribution in [2.45, 2.75) is 285 Å². The predicted octanol–water partition coefficient (Wildman–Crippen LogP) is 19.4. The second kappa shape index (κ2) is 49.0. The van der Waals surface area contributed by atoms with Crippen LogP contribution in [0.15, 0.2) is 36.5 Å². The Labute approximate surface area is 444 Å². The Kier molecular flexibility index (Phi) is 48.3. The maximum atomic E-state index is 2.60. The van der Waals surface area contributed by atoms with Gasteiger partial charge in [0.05, 0.1) is 108 Å². The number of rotatable bonds is 56. The van der Waals surface area contributed by atoms with Gasteiger partial charge in [0.25, 0.3) is 0 Å². The zero-order chi connectivity index (χ0) is 51.6. The molecule has 0 heterocycles. The molecule has 0 aliphatic carbocycles. The Morgan fingerprint density at radius 2 is 0.343 bits per heavy atom. The number of unbranched alkanes of at least 4 members (excludes halogenated alkanes) is 36. The highest BCUT2D eigenvalue weighted by molar-refractivity contribution is 4.87. The van der Waals surface area contributed by atoms with E-state index in [1.54, 1.807) is 0 Å². The van der Waals surface area contributed by atoms with Crippen LogP contribution in [0.5, 0.6) is 0 Å². The summed E-state index contributed by atoms with van der Waals surface area (Å²) in [4.78, 5) is 0. The lowest BCUT2D eigenvalue weighted by Gasteiger charge is -2.34. The molecule has 2 unspecified atom stereocenters. The standard InChI is InChI=1S/C66H136N4/c1-11-15-19-23-27-31-35-39-43-47-57-67(5,6)59-51-53-63-69(9,61-49-45-41-37-33-29-25-21-17-13-3)65-55-56-66-70(10,62-50-46-42-38-34-30-26-22-18-14-4)64-54-52-60-68(7,8)58-48-44-40-36-32-28-24-20-16-12-2/h51-56H,11-50,57-66H2,1-10H3/q+4/b53-51+,54-52+,56-55+. The van der Waals surface area contributed by atoms with E-state index >= 15 is 0 Å². The third kappa shape index (κ3) is 48.0. The molecule has 416 valence electrons. The second-order valence-electron chi connectivity index (χ2n) is 25.2. The second-order valence-corrected chi connectivity index (χ2v) is 25.2. The van der Waals surface area contributed by atoms with E-state index in [1.807, 2.05) is 0 Å². The molecule has 0 rings (SSSR count). The number of hydrogen-bond acceptors (Lipinski definition) is 0. The van der Waals surface area contributed by atoms with Crippen LogP contribution in [0, 0.1) is 0 Å². The average molecular weight is 986 g/mol. The van der Waals surface area contributed by atoms with Crippen molar-refractivity contribution in [1.82, 2.24) is 0 Å². The van der Waals surface area contributed by atoms with Gasteiger partial charge in [-0.2, -0.15) is 0 Å². The fourth-order valence-electron chi connectivity index (χ4n) is 10.7. The maximum absolute atomic E-state index is 2.60. The van der Waals surface area contributed by atoms with E-state index in [-0.39, 0.29) is 0 Å². The van der Waals surface area contributed by atoms with Crippen molar-refractivity contribution in [3.05, 3.63) is 36.5 Å². The lowest BCUT2D eigenvalue weighted by Crippen LogP contribution is -2.46. The molecule has 0 saturated heterocycles. The highest BCUT2D eigenvalue weighted by Crippen LogP contribution is 2.18. The van der Waals surface area contributed by atoms with Crippen LogP contribution >= 0.6 is 0 Å². The molecule has 2 atom stereocenters. The monoisotopic (exact) mass is 985 g/mol. The van der Waals surface area contributed by atoms with Crippen LogP contribution in [0.1, 0.15) is 285 Å². The molecule has 0 aliphatic heterocycles. The van der Waals surface area contributed by atoms with Gasteiger partial charge in [0.15, 0.2) is 0 Å². The molecule has 0 aliphatic rings. The van der Waals surface area contributed by atoms with Crippen LogP contribution in [-0.4, -0.2) is 126 Å². The molecule has 0 saturated carbocycles. The van der Waals surface area contributed by atoms with Crippen LogP contribution in [0.2, 0.25) is 0 Å². The average Bonchev–Trinajstić information content (AvgIpc) is 3.33. The molecule has 0 fully saturated rings. The van der Waals surface area contributed by atoms with E-state index in [2.05, 4.69) is 106 Å². The number of nitrogens with zero attached hydrogens (tertiary/aromatic N) is 4.